The van der Waals surface area contributed by atoms with Crippen molar-refractivity contribution in [1.29, 1.82) is 0 Å². The van der Waals surface area contributed by atoms with E-state index in [1.165, 1.54) is 11.1 Å². The van der Waals surface area contributed by atoms with Gasteiger partial charge < -0.3 is 5.32 Å². The predicted molar refractivity (Wildman–Crippen MR) is 99.8 cm³/mol. The van der Waals surface area contributed by atoms with Crippen molar-refractivity contribution in [3.8, 4) is 0 Å². The molecule has 2 aromatic carbocycles. The SMILES string of the molecule is CC1(C)Cc2ccccc2C1Nc1c(Br)cc(Br)cc1Br. The maximum absolute atomic E-state index is 3.74. The molecule has 0 amide bonds. The first-order valence-electron chi connectivity index (χ1n) is 6.87. The number of halogens is 3. The largest absolute Gasteiger partial charge is 0.376 e. The van der Waals surface area contributed by atoms with Gasteiger partial charge in [0.1, 0.15) is 0 Å². The van der Waals surface area contributed by atoms with E-state index in [9.17, 15) is 0 Å². The van der Waals surface area contributed by atoms with Gasteiger partial charge in [0.2, 0.25) is 0 Å². The molecular formula is C17H16Br3N. The third-order valence-electron chi connectivity index (χ3n) is 4.09. The van der Waals surface area contributed by atoms with Crippen LogP contribution in [0.4, 0.5) is 5.69 Å². The Balaban J connectivity index is 2.02. The minimum absolute atomic E-state index is 0.190. The van der Waals surface area contributed by atoms with Gasteiger partial charge in [-0.15, -0.1) is 0 Å². The average molecular weight is 474 g/mol. The van der Waals surface area contributed by atoms with Crippen molar-refractivity contribution < 1.29 is 0 Å². The molecule has 1 aliphatic carbocycles. The molecule has 0 saturated carbocycles. The van der Waals surface area contributed by atoms with Crippen molar-refractivity contribution in [2.24, 2.45) is 5.41 Å². The fourth-order valence-corrected chi connectivity index (χ4v) is 5.58. The number of benzene rings is 2. The Bertz CT molecular complexity index is 671. The van der Waals surface area contributed by atoms with Crippen molar-refractivity contribution in [2.75, 3.05) is 5.32 Å². The van der Waals surface area contributed by atoms with Crippen LogP contribution in [0.1, 0.15) is 31.0 Å². The average Bonchev–Trinajstić information content (AvgIpc) is 2.63. The lowest BCUT2D eigenvalue weighted by atomic mass is 9.85. The van der Waals surface area contributed by atoms with E-state index in [0.717, 1.165) is 25.5 Å². The van der Waals surface area contributed by atoms with E-state index in [-0.39, 0.29) is 5.41 Å². The van der Waals surface area contributed by atoms with Crippen molar-refractivity contribution >= 4 is 53.5 Å². The Labute approximate surface area is 150 Å². The van der Waals surface area contributed by atoms with Crippen LogP contribution >= 0.6 is 47.8 Å². The van der Waals surface area contributed by atoms with Crippen LogP contribution in [0.25, 0.3) is 0 Å². The van der Waals surface area contributed by atoms with E-state index in [1.54, 1.807) is 0 Å². The molecule has 1 atom stereocenters. The number of hydrogen-bond acceptors (Lipinski definition) is 1. The maximum atomic E-state index is 3.74. The molecule has 0 radical (unpaired) electrons. The first kappa shape index (κ1) is 15.6. The van der Waals surface area contributed by atoms with Crippen LogP contribution in [0.15, 0.2) is 49.8 Å². The van der Waals surface area contributed by atoms with E-state index >= 15 is 0 Å². The first-order valence-corrected chi connectivity index (χ1v) is 9.25. The number of hydrogen-bond donors (Lipinski definition) is 1. The van der Waals surface area contributed by atoms with Crippen molar-refractivity contribution in [3.05, 3.63) is 60.9 Å². The lowest BCUT2D eigenvalue weighted by Crippen LogP contribution is -2.24. The summed E-state index contributed by atoms with van der Waals surface area (Å²) in [5, 5.41) is 3.74. The van der Waals surface area contributed by atoms with Crippen LogP contribution in [0.3, 0.4) is 0 Å². The molecule has 0 bridgehead atoms. The molecule has 1 aliphatic rings. The second-order valence-corrected chi connectivity index (χ2v) is 8.81. The summed E-state index contributed by atoms with van der Waals surface area (Å²) >= 11 is 10.8. The Morgan fingerprint density at radius 3 is 2.33 bits per heavy atom. The highest BCUT2D eigenvalue weighted by Gasteiger charge is 2.39. The fourth-order valence-electron chi connectivity index (χ4n) is 3.09. The second kappa shape index (κ2) is 5.71. The van der Waals surface area contributed by atoms with Gasteiger partial charge in [0.15, 0.2) is 0 Å². The summed E-state index contributed by atoms with van der Waals surface area (Å²) in [4.78, 5) is 0. The smallest absolute Gasteiger partial charge is 0.0634 e. The summed E-state index contributed by atoms with van der Waals surface area (Å²) in [6.07, 6.45) is 1.10. The van der Waals surface area contributed by atoms with Crippen LogP contribution in [-0.4, -0.2) is 0 Å². The number of rotatable bonds is 2. The van der Waals surface area contributed by atoms with Gasteiger partial charge in [-0.05, 0) is 67.0 Å². The molecule has 1 nitrogen and oxygen atoms in total. The molecule has 0 heterocycles. The van der Waals surface area contributed by atoms with Crippen LogP contribution in [0, 0.1) is 5.41 Å². The molecule has 0 aromatic heterocycles. The zero-order valence-electron chi connectivity index (χ0n) is 11.9. The Kier molecular flexibility index (Phi) is 4.23. The van der Waals surface area contributed by atoms with Gasteiger partial charge in [0.25, 0.3) is 0 Å². The van der Waals surface area contributed by atoms with Crippen molar-refractivity contribution in [1.82, 2.24) is 0 Å². The highest BCUT2D eigenvalue weighted by molar-refractivity contribution is 9.11. The van der Waals surface area contributed by atoms with Crippen LogP contribution in [0.5, 0.6) is 0 Å². The number of nitrogens with one attached hydrogen (secondary N) is 1. The minimum atomic E-state index is 0.190. The second-order valence-electron chi connectivity index (χ2n) is 6.19. The van der Waals surface area contributed by atoms with Crippen LogP contribution < -0.4 is 5.32 Å². The Morgan fingerprint density at radius 2 is 1.67 bits per heavy atom. The lowest BCUT2D eigenvalue weighted by molar-refractivity contribution is 0.337. The van der Waals surface area contributed by atoms with Gasteiger partial charge in [-0.1, -0.05) is 54.0 Å². The quantitative estimate of drug-likeness (QED) is 0.511. The summed E-state index contributed by atoms with van der Waals surface area (Å²) in [5.41, 5.74) is 4.15. The molecule has 2 aromatic rings. The molecule has 0 aliphatic heterocycles. The van der Waals surface area contributed by atoms with Gasteiger partial charge in [-0.2, -0.15) is 0 Å². The molecule has 110 valence electrons. The summed E-state index contributed by atoms with van der Waals surface area (Å²) in [6, 6.07) is 13.2. The van der Waals surface area contributed by atoms with E-state index in [2.05, 4.69) is 103 Å². The molecule has 1 N–H and O–H groups in total. The number of anilines is 1. The molecule has 0 spiro atoms. The first-order chi connectivity index (χ1) is 9.88. The summed E-state index contributed by atoms with van der Waals surface area (Å²) in [5.74, 6) is 0. The van der Waals surface area contributed by atoms with Gasteiger partial charge in [0, 0.05) is 13.4 Å². The van der Waals surface area contributed by atoms with Gasteiger partial charge >= 0.3 is 0 Å². The summed E-state index contributed by atoms with van der Waals surface area (Å²) in [7, 11) is 0. The van der Waals surface area contributed by atoms with Gasteiger partial charge in [-0.3, -0.25) is 0 Å². The topological polar surface area (TPSA) is 12.0 Å². The zero-order chi connectivity index (χ0) is 15.2. The van der Waals surface area contributed by atoms with E-state index in [4.69, 9.17) is 0 Å². The third-order valence-corrected chi connectivity index (χ3v) is 5.80. The predicted octanol–water partition coefficient (Wildman–Crippen LogP) is 6.71. The maximum Gasteiger partial charge on any atom is 0.0634 e. The molecular weight excluding hydrogens is 458 g/mol. The molecule has 4 heteroatoms. The Hall–Kier alpha value is -0.320. The molecule has 0 saturated heterocycles. The normalized spacial score (nSPS) is 19.4. The molecule has 21 heavy (non-hydrogen) atoms. The monoisotopic (exact) mass is 471 g/mol. The van der Waals surface area contributed by atoms with Crippen LogP contribution in [-0.2, 0) is 6.42 Å². The minimum Gasteiger partial charge on any atom is -0.376 e. The molecule has 3 rings (SSSR count). The fraction of sp³-hybridized carbons (Fsp3) is 0.294. The number of fused-ring (bicyclic) bond motifs is 1. The lowest BCUT2D eigenvalue weighted by Gasteiger charge is -2.30. The van der Waals surface area contributed by atoms with Crippen LogP contribution in [0.2, 0.25) is 0 Å². The van der Waals surface area contributed by atoms with Gasteiger partial charge in [0.05, 0.1) is 11.7 Å². The van der Waals surface area contributed by atoms with E-state index in [1.807, 2.05) is 0 Å². The van der Waals surface area contributed by atoms with Gasteiger partial charge in [-0.25, -0.2) is 0 Å². The van der Waals surface area contributed by atoms with Crippen molar-refractivity contribution in [3.63, 3.8) is 0 Å². The summed E-state index contributed by atoms with van der Waals surface area (Å²) < 4.78 is 3.17. The standard InChI is InChI=1S/C17H16Br3N/c1-17(2)9-10-5-3-4-6-12(10)16(17)21-15-13(19)7-11(18)8-14(15)20/h3-8,16,21H,9H2,1-2H3. The highest BCUT2D eigenvalue weighted by Crippen LogP contribution is 2.48. The van der Waals surface area contributed by atoms with E-state index < -0.39 is 0 Å². The third kappa shape index (κ3) is 2.95. The highest BCUT2D eigenvalue weighted by atomic mass is 79.9. The summed E-state index contributed by atoms with van der Waals surface area (Å²) in [6.45, 7) is 4.65. The molecule has 0 fully saturated rings. The Morgan fingerprint density at radius 1 is 1.05 bits per heavy atom. The zero-order valence-corrected chi connectivity index (χ0v) is 16.6. The van der Waals surface area contributed by atoms with Crippen molar-refractivity contribution in [2.45, 2.75) is 26.3 Å². The molecule has 1 unspecified atom stereocenters. The van der Waals surface area contributed by atoms with E-state index in [0.29, 0.717) is 6.04 Å².